The van der Waals surface area contributed by atoms with E-state index in [-0.39, 0.29) is 29.9 Å². The van der Waals surface area contributed by atoms with Gasteiger partial charge in [0.1, 0.15) is 35.1 Å². The van der Waals surface area contributed by atoms with E-state index in [1.807, 2.05) is 5.32 Å². The molecule has 4 heterocycles. The van der Waals surface area contributed by atoms with Crippen molar-refractivity contribution in [2.45, 2.75) is 24.7 Å². The molecule has 2 atom stereocenters. The van der Waals surface area contributed by atoms with Crippen molar-refractivity contribution in [3.63, 3.8) is 0 Å². The standard InChI is InChI=1S/C28H23F5N6O6/c1-37-20-12-34-5-4-16(20)25(41)39(27(37)44)22-3-2-14(11-35-22)8-19(26(42)43)36-24(40)23-17(29)9-15(10-18(23)30)38-6-7-45-13-21(38)28(31,32)33/h2-5,9-12,19,21H,6-8,13H2,1H3,(H,36,40)(H,42,43). The lowest BCUT2D eigenvalue weighted by Gasteiger charge is -2.38. The van der Waals surface area contributed by atoms with E-state index in [0.29, 0.717) is 22.5 Å². The van der Waals surface area contributed by atoms with Crippen LogP contribution in [0.3, 0.4) is 0 Å². The zero-order valence-electron chi connectivity index (χ0n) is 23.2. The van der Waals surface area contributed by atoms with E-state index in [1.165, 1.54) is 42.2 Å². The van der Waals surface area contributed by atoms with Crippen LogP contribution in [0, 0.1) is 11.6 Å². The van der Waals surface area contributed by atoms with Gasteiger partial charge in [-0.15, -0.1) is 0 Å². The van der Waals surface area contributed by atoms with Crippen molar-refractivity contribution in [2.24, 2.45) is 7.05 Å². The van der Waals surface area contributed by atoms with E-state index in [1.54, 1.807) is 0 Å². The van der Waals surface area contributed by atoms with Crippen molar-refractivity contribution in [3.8, 4) is 5.82 Å². The van der Waals surface area contributed by atoms with Gasteiger partial charge in [0.25, 0.3) is 11.5 Å². The average molecular weight is 635 g/mol. The number of hydrogen-bond acceptors (Lipinski definition) is 8. The number of fused-ring (bicyclic) bond motifs is 1. The van der Waals surface area contributed by atoms with Crippen LogP contribution in [0.1, 0.15) is 15.9 Å². The number of carbonyl (C=O) groups excluding carboxylic acids is 1. The van der Waals surface area contributed by atoms with Crippen molar-refractivity contribution in [1.29, 1.82) is 0 Å². The normalized spacial score (nSPS) is 16.0. The van der Waals surface area contributed by atoms with E-state index >= 15 is 0 Å². The molecule has 5 rings (SSSR count). The van der Waals surface area contributed by atoms with Gasteiger partial charge in [0.15, 0.2) is 0 Å². The number of carboxylic acids is 1. The highest BCUT2D eigenvalue weighted by atomic mass is 19.4. The van der Waals surface area contributed by atoms with Gasteiger partial charge in [-0.3, -0.25) is 19.1 Å². The van der Waals surface area contributed by atoms with Crippen molar-refractivity contribution in [3.05, 3.63) is 92.5 Å². The number of nitrogens with one attached hydrogen (secondary N) is 1. The Morgan fingerprint density at radius 3 is 2.47 bits per heavy atom. The molecule has 2 unspecified atom stereocenters. The molecule has 0 aliphatic carbocycles. The molecule has 1 amide bonds. The number of pyridine rings is 2. The Balaban J connectivity index is 1.36. The maximum atomic E-state index is 15.0. The van der Waals surface area contributed by atoms with E-state index in [4.69, 9.17) is 4.74 Å². The Bertz CT molecular complexity index is 1890. The van der Waals surface area contributed by atoms with Crippen molar-refractivity contribution < 1.29 is 41.4 Å². The Kier molecular flexibility index (Phi) is 8.38. The molecule has 1 aliphatic rings. The molecule has 0 saturated carbocycles. The third kappa shape index (κ3) is 6.11. The van der Waals surface area contributed by atoms with Crippen LogP contribution in [-0.2, 0) is 23.0 Å². The van der Waals surface area contributed by atoms with Gasteiger partial charge in [0.2, 0.25) is 0 Å². The van der Waals surface area contributed by atoms with Gasteiger partial charge in [-0.2, -0.15) is 13.2 Å². The number of nitrogens with zero attached hydrogens (tertiary/aromatic N) is 5. The van der Waals surface area contributed by atoms with Crippen molar-refractivity contribution in [2.75, 3.05) is 24.7 Å². The average Bonchev–Trinajstić information content (AvgIpc) is 2.99. The summed E-state index contributed by atoms with van der Waals surface area (Å²) in [5, 5.41) is 11.9. The SMILES string of the molecule is Cn1c(=O)n(-c2ccc(CC(NC(=O)c3c(F)cc(N4CCOCC4C(F)(F)F)cc3F)C(=O)O)cn2)c(=O)c2ccncc21. The number of ether oxygens (including phenoxy) is 1. The number of aryl methyl sites for hydroxylation is 1. The Hall–Kier alpha value is -5.19. The molecule has 236 valence electrons. The first kappa shape index (κ1) is 31.2. The summed E-state index contributed by atoms with van der Waals surface area (Å²) in [6.07, 6.45) is -1.28. The number of amides is 1. The molecule has 1 aromatic carbocycles. The largest absolute Gasteiger partial charge is 0.480 e. The van der Waals surface area contributed by atoms with Crippen LogP contribution in [0.15, 0.2) is 58.5 Å². The molecule has 2 N–H and O–H groups in total. The van der Waals surface area contributed by atoms with E-state index < -0.39 is 77.3 Å². The van der Waals surface area contributed by atoms with Gasteiger partial charge in [0, 0.05) is 38.1 Å². The lowest BCUT2D eigenvalue weighted by Crippen LogP contribution is -2.53. The zero-order chi connectivity index (χ0) is 32.6. The monoisotopic (exact) mass is 634 g/mol. The van der Waals surface area contributed by atoms with Crippen LogP contribution in [0.2, 0.25) is 0 Å². The fourth-order valence-corrected chi connectivity index (χ4v) is 4.96. The molecule has 0 bridgehead atoms. The highest BCUT2D eigenvalue weighted by Crippen LogP contribution is 2.32. The molecule has 45 heavy (non-hydrogen) atoms. The maximum absolute atomic E-state index is 15.0. The predicted molar refractivity (Wildman–Crippen MR) is 147 cm³/mol. The first-order valence-electron chi connectivity index (χ1n) is 13.2. The van der Waals surface area contributed by atoms with Crippen LogP contribution in [-0.4, -0.2) is 74.1 Å². The number of hydrogen-bond donors (Lipinski definition) is 2. The summed E-state index contributed by atoms with van der Waals surface area (Å²) >= 11 is 0. The second-order valence-electron chi connectivity index (χ2n) is 10.1. The Morgan fingerprint density at radius 2 is 1.84 bits per heavy atom. The number of carboxylic acid groups (broad SMARTS) is 1. The lowest BCUT2D eigenvalue weighted by atomic mass is 10.1. The molecule has 17 heteroatoms. The van der Waals surface area contributed by atoms with Gasteiger partial charge < -0.3 is 20.1 Å². The first-order valence-corrected chi connectivity index (χ1v) is 13.2. The third-order valence-corrected chi connectivity index (χ3v) is 7.25. The first-order chi connectivity index (χ1) is 21.3. The molecule has 1 saturated heterocycles. The number of morpholine rings is 1. The second kappa shape index (κ2) is 12.1. The minimum atomic E-state index is -4.76. The summed E-state index contributed by atoms with van der Waals surface area (Å²) in [5.74, 6) is -6.09. The smallest absolute Gasteiger partial charge is 0.411 e. The summed E-state index contributed by atoms with van der Waals surface area (Å²) in [6, 6.07) is 1.31. The highest BCUT2D eigenvalue weighted by molar-refractivity contribution is 5.97. The van der Waals surface area contributed by atoms with Crippen LogP contribution in [0.25, 0.3) is 16.7 Å². The van der Waals surface area contributed by atoms with Gasteiger partial charge in [-0.25, -0.2) is 27.9 Å². The third-order valence-electron chi connectivity index (χ3n) is 7.25. The fraction of sp³-hybridized carbons (Fsp3) is 0.286. The summed E-state index contributed by atoms with van der Waals surface area (Å²) in [6.45, 7) is -1.19. The van der Waals surface area contributed by atoms with E-state index in [0.717, 1.165) is 10.8 Å². The molecule has 4 aromatic rings. The molecule has 3 aromatic heterocycles. The number of carbonyl (C=O) groups is 2. The van der Waals surface area contributed by atoms with E-state index in [9.17, 15) is 46.2 Å². The van der Waals surface area contributed by atoms with Crippen LogP contribution >= 0.6 is 0 Å². The van der Waals surface area contributed by atoms with Crippen molar-refractivity contribution >= 4 is 28.5 Å². The van der Waals surface area contributed by atoms with Gasteiger partial charge in [0.05, 0.1) is 30.3 Å². The summed E-state index contributed by atoms with van der Waals surface area (Å²) in [7, 11) is 1.44. The quantitative estimate of drug-likeness (QED) is 0.291. The minimum Gasteiger partial charge on any atom is -0.480 e. The number of alkyl halides is 3. The van der Waals surface area contributed by atoms with Crippen LogP contribution in [0.4, 0.5) is 27.6 Å². The number of rotatable bonds is 7. The molecule has 1 aliphatic heterocycles. The molecule has 1 fully saturated rings. The number of anilines is 1. The molecular weight excluding hydrogens is 611 g/mol. The van der Waals surface area contributed by atoms with Gasteiger partial charge >= 0.3 is 17.8 Å². The lowest BCUT2D eigenvalue weighted by molar-refractivity contribution is -0.167. The molecule has 0 radical (unpaired) electrons. The number of benzene rings is 1. The van der Waals surface area contributed by atoms with Crippen LogP contribution in [0.5, 0.6) is 0 Å². The van der Waals surface area contributed by atoms with Crippen molar-refractivity contribution in [1.82, 2.24) is 24.4 Å². The topological polar surface area (TPSA) is 149 Å². The Morgan fingerprint density at radius 1 is 1.13 bits per heavy atom. The summed E-state index contributed by atoms with van der Waals surface area (Å²) in [5.41, 5.74) is -2.52. The minimum absolute atomic E-state index is 0.0729. The zero-order valence-corrected chi connectivity index (χ0v) is 23.2. The van der Waals surface area contributed by atoms with Gasteiger partial charge in [-0.05, 0) is 29.8 Å². The molecule has 12 nitrogen and oxygen atoms in total. The predicted octanol–water partition coefficient (Wildman–Crippen LogP) is 1.95. The van der Waals surface area contributed by atoms with E-state index in [2.05, 4.69) is 9.97 Å². The number of halogens is 5. The van der Waals surface area contributed by atoms with Crippen LogP contribution < -0.4 is 21.5 Å². The van der Waals surface area contributed by atoms with Gasteiger partial charge in [-0.1, -0.05) is 6.07 Å². The number of aliphatic carboxylic acids is 1. The Labute approximate surface area is 249 Å². The molecular formula is C28H23F5N6O6. The maximum Gasteiger partial charge on any atom is 0.411 e. The number of aromatic nitrogens is 4. The summed E-state index contributed by atoms with van der Waals surface area (Å²) < 4.78 is 77.1. The summed E-state index contributed by atoms with van der Waals surface area (Å²) in [4.78, 5) is 59.3. The molecule has 0 spiro atoms. The second-order valence-corrected chi connectivity index (χ2v) is 10.1. The highest BCUT2D eigenvalue weighted by Gasteiger charge is 2.46. The fourth-order valence-electron chi connectivity index (χ4n) is 4.96.